The van der Waals surface area contributed by atoms with Crippen LogP contribution >= 0.6 is 46.1 Å². The van der Waals surface area contributed by atoms with Crippen LogP contribution in [-0.4, -0.2) is 11.2 Å². The van der Waals surface area contributed by atoms with Gasteiger partial charge in [-0.2, -0.15) is 5.10 Å². The maximum atomic E-state index is 6.25. The number of hydrazone groups is 1. The number of anilines is 1. The van der Waals surface area contributed by atoms with Gasteiger partial charge in [-0.3, -0.25) is 5.43 Å². The maximum absolute atomic E-state index is 6.25. The lowest BCUT2D eigenvalue weighted by atomic mass is 10.2. The van der Waals surface area contributed by atoms with E-state index >= 15 is 0 Å². The molecule has 0 fully saturated rings. The number of hydrogen-bond donors (Lipinski definition) is 1. The van der Waals surface area contributed by atoms with Gasteiger partial charge >= 0.3 is 0 Å². The topological polar surface area (TPSA) is 46.5 Å². The third kappa shape index (κ3) is 5.99. The van der Waals surface area contributed by atoms with Gasteiger partial charge in [0.25, 0.3) is 0 Å². The van der Waals surface area contributed by atoms with Crippen LogP contribution in [-0.2, 0) is 6.61 Å². The van der Waals surface area contributed by atoms with E-state index in [-0.39, 0.29) is 0 Å². The molecule has 1 aromatic heterocycles. The zero-order chi connectivity index (χ0) is 21.6. The summed E-state index contributed by atoms with van der Waals surface area (Å²) in [6.07, 6.45) is 1.72. The van der Waals surface area contributed by atoms with Crippen molar-refractivity contribution in [2.24, 2.45) is 5.10 Å². The van der Waals surface area contributed by atoms with Crippen LogP contribution in [0.15, 0.2) is 77.2 Å². The van der Waals surface area contributed by atoms with E-state index < -0.39 is 0 Å². The second-order valence-corrected chi connectivity index (χ2v) is 8.65. The molecule has 0 bridgehead atoms. The Labute approximate surface area is 199 Å². The lowest BCUT2D eigenvalue weighted by Gasteiger charge is -2.06. The zero-order valence-corrected chi connectivity index (χ0v) is 19.1. The third-order valence-corrected chi connectivity index (χ3v) is 5.83. The van der Waals surface area contributed by atoms with Crippen molar-refractivity contribution < 1.29 is 4.74 Å². The van der Waals surface area contributed by atoms with Crippen molar-refractivity contribution in [1.29, 1.82) is 0 Å². The average Bonchev–Trinajstić information content (AvgIpc) is 3.23. The first-order chi connectivity index (χ1) is 15.1. The molecular weight excluding hydrogens is 473 g/mol. The van der Waals surface area contributed by atoms with Crippen LogP contribution in [0.25, 0.3) is 11.3 Å². The van der Waals surface area contributed by atoms with Crippen molar-refractivity contribution in [2.75, 3.05) is 5.43 Å². The molecule has 0 atom stereocenters. The number of ether oxygens (including phenoxy) is 1. The maximum Gasteiger partial charge on any atom is 0.203 e. The first kappa shape index (κ1) is 21.7. The van der Waals surface area contributed by atoms with E-state index in [0.29, 0.717) is 26.8 Å². The van der Waals surface area contributed by atoms with Crippen LogP contribution in [0.4, 0.5) is 5.13 Å². The Bertz CT molecular complexity index is 1190. The second kappa shape index (κ2) is 10.2. The molecule has 0 aliphatic rings. The van der Waals surface area contributed by atoms with Crippen LogP contribution < -0.4 is 10.2 Å². The average molecular weight is 489 g/mol. The molecule has 4 rings (SSSR count). The first-order valence-electron chi connectivity index (χ1n) is 9.24. The number of rotatable bonds is 7. The number of aromatic nitrogens is 1. The summed E-state index contributed by atoms with van der Waals surface area (Å²) >= 11 is 19.5. The minimum atomic E-state index is 0.482. The van der Waals surface area contributed by atoms with Gasteiger partial charge in [-0.1, -0.05) is 46.9 Å². The van der Waals surface area contributed by atoms with Gasteiger partial charge in [-0.15, -0.1) is 11.3 Å². The Morgan fingerprint density at radius 1 is 0.935 bits per heavy atom. The highest BCUT2D eigenvalue weighted by Gasteiger charge is 2.08. The first-order valence-corrected chi connectivity index (χ1v) is 11.3. The largest absolute Gasteiger partial charge is 0.489 e. The molecule has 1 N–H and O–H groups in total. The van der Waals surface area contributed by atoms with Crippen molar-refractivity contribution in [3.8, 4) is 17.0 Å². The summed E-state index contributed by atoms with van der Waals surface area (Å²) in [5.74, 6) is 0.782. The minimum absolute atomic E-state index is 0.482. The monoisotopic (exact) mass is 487 g/mol. The zero-order valence-electron chi connectivity index (χ0n) is 16.1. The fraction of sp³-hybridized carbons (Fsp3) is 0.0435. The van der Waals surface area contributed by atoms with Gasteiger partial charge in [0.15, 0.2) is 0 Å². The Hall–Kier alpha value is -2.57. The van der Waals surface area contributed by atoms with Crippen LogP contribution in [0.1, 0.15) is 11.1 Å². The van der Waals surface area contributed by atoms with Crippen molar-refractivity contribution in [1.82, 2.24) is 4.98 Å². The summed E-state index contributed by atoms with van der Waals surface area (Å²) in [4.78, 5) is 4.51. The molecule has 0 spiro atoms. The Morgan fingerprint density at radius 3 is 2.42 bits per heavy atom. The van der Waals surface area contributed by atoms with E-state index in [1.807, 2.05) is 60.0 Å². The predicted octanol–water partition coefficient (Wildman–Crippen LogP) is 7.80. The van der Waals surface area contributed by atoms with Gasteiger partial charge in [0.2, 0.25) is 5.13 Å². The standard InChI is InChI=1S/C23H16Cl3N3OS/c24-17-5-1-16(2-6-17)13-30-19-8-3-15(4-9-19)12-27-29-23-28-22(14-31-23)20-10-7-18(25)11-21(20)26/h1-12,14H,13H2,(H,28,29)/b27-12+. The highest BCUT2D eigenvalue weighted by atomic mass is 35.5. The Balaban J connectivity index is 1.32. The second-order valence-electron chi connectivity index (χ2n) is 6.52. The quantitative estimate of drug-likeness (QED) is 0.213. The van der Waals surface area contributed by atoms with Gasteiger partial charge in [0.05, 0.1) is 16.9 Å². The number of nitrogens with one attached hydrogen (secondary N) is 1. The van der Waals surface area contributed by atoms with Crippen molar-refractivity contribution in [2.45, 2.75) is 6.61 Å². The highest BCUT2D eigenvalue weighted by molar-refractivity contribution is 7.14. The van der Waals surface area contributed by atoms with Crippen LogP contribution in [0.3, 0.4) is 0 Å². The summed E-state index contributed by atoms with van der Waals surface area (Å²) in [6, 6.07) is 20.6. The molecule has 0 aliphatic heterocycles. The van der Waals surface area contributed by atoms with Gasteiger partial charge in [0, 0.05) is 21.0 Å². The van der Waals surface area contributed by atoms with Gasteiger partial charge in [0.1, 0.15) is 12.4 Å². The van der Waals surface area contributed by atoms with Crippen molar-refractivity contribution in [3.05, 3.63) is 98.3 Å². The summed E-state index contributed by atoms with van der Waals surface area (Å²) in [6.45, 7) is 0.482. The fourth-order valence-corrected chi connectivity index (χ4v) is 4.00. The predicted molar refractivity (Wildman–Crippen MR) is 131 cm³/mol. The molecule has 4 nitrogen and oxygen atoms in total. The number of thiazole rings is 1. The van der Waals surface area contributed by atoms with E-state index in [1.54, 1.807) is 18.3 Å². The lowest BCUT2D eigenvalue weighted by molar-refractivity contribution is 0.306. The van der Waals surface area contributed by atoms with Crippen LogP contribution in [0, 0.1) is 0 Å². The van der Waals surface area contributed by atoms with Crippen molar-refractivity contribution in [3.63, 3.8) is 0 Å². The van der Waals surface area contributed by atoms with E-state index in [4.69, 9.17) is 39.5 Å². The fourth-order valence-electron chi connectivity index (χ4n) is 2.71. The lowest BCUT2D eigenvalue weighted by Crippen LogP contribution is -1.95. The molecule has 31 heavy (non-hydrogen) atoms. The van der Waals surface area contributed by atoms with Crippen molar-refractivity contribution >= 4 is 57.5 Å². The molecule has 156 valence electrons. The van der Waals surface area contributed by atoms with Crippen LogP contribution in [0.5, 0.6) is 5.75 Å². The summed E-state index contributed by atoms with van der Waals surface area (Å²) in [7, 11) is 0. The van der Waals surface area contributed by atoms with Gasteiger partial charge in [-0.05, 0) is 65.7 Å². The molecule has 3 aromatic carbocycles. The smallest absolute Gasteiger partial charge is 0.203 e. The minimum Gasteiger partial charge on any atom is -0.489 e. The molecular formula is C23H16Cl3N3OS. The van der Waals surface area contributed by atoms with E-state index in [0.717, 1.165) is 28.1 Å². The molecule has 0 unspecified atom stereocenters. The number of hydrogen-bond acceptors (Lipinski definition) is 5. The number of halogens is 3. The molecule has 0 radical (unpaired) electrons. The number of benzene rings is 3. The molecule has 0 saturated carbocycles. The molecule has 0 amide bonds. The molecule has 1 heterocycles. The van der Waals surface area contributed by atoms with Gasteiger partial charge < -0.3 is 4.74 Å². The summed E-state index contributed by atoms with van der Waals surface area (Å²) in [5, 5.41) is 8.70. The Kier molecular flexibility index (Phi) is 7.10. The molecule has 0 saturated heterocycles. The number of nitrogens with zero attached hydrogens (tertiary/aromatic N) is 2. The van der Waals surface area contributed by atoms with E-state index in [9.17, 15) is 0 Å². The summed E-state index contributed by atoms with van der Waals surface area (Å²) in [5.41, 5.74) is 6.53. The van der Waals surface area contributed by atoms with E-state index in [2.05, 4.69) is 15.5 Å². The SMILES string of the molecule is Clc1ccc(COc2ccc(/C=N/Nc3nc(-c4ccc(Cl)cc4Cl)cs3)cc2)cc1. The molecule has 4 aromatic rings. The van der Waals surface area contributed by atoms with Gasteiger partial charge in [-0.25, -0.2) is 4.98 Å². The third-order valence-electron chi connectivity index (χ3n) is 4.28. The molecule has 8 heteroatoms. The molecule has 0 aliphatic carbocycles. The normalized spacial score (nSPS) is 11.1. The van der Waals surface area contributed by atoms with E-state index in [1.165, 1.54) is 11.3 Å². The Morgan fingerprint density at radius 2 is 1.68 bits per heavy atom. The van der Waals surface area contributed by atoms with Crippen LogP contribution in [0.2, 0.25) is 15.1 Å². The highest BCUT2D eigenvalue weighted by Crippen LogP contribution is 2.32. The summed E-state index contributed by atoms with van der Waals surface area (Å²) < 4.78 is 5.79.